The van der Waals surface area contributed by atoms with Gasteiger partial charge in [-0.25, -0.2) is 9.78 Å². The molecule has 0 aliphatic rings. The molecule has 126 valence electrons. The van der Waals surface area contributed by atoms with Crippen molar-refractivity contribution in [2.75, 3.05) is 11.9 Å². The van der Waals surface area contributed by atoms with E-state index in [1.165, 1.54) is 11.1 Å². The molecule has 0 fully saturated rings. The molecule has 0 saturated heterocycles. The van der Waals surface area contributed by atoms with E-state index in [2.05, 4.69) is 39.9 Å². The molecule has 2 amide bonds. The van der Waals surface area contributed by atoms with Crippen LogP contribution in [0.1, 0.15) is 23.5 Å². The first-order valence-corrected chi connectivity index (χ1v) is 8.39. The summed E-state index contributed by atoms with van der Waals surface area (Å²) < 4.78 is 0. The average molecular weight is 331 g/mol. The van der Waals surface area contributed by atoms with Gasteiger partial charge in [-0.3, -0.25) is 5.32 Å². The summed E-state index contributed by atoms with van der Waals surface area (Å²) in [6, 6.07) is 25.9. The molecule has 2 aromatic carbocycles. The number of urea groups is 1. The van der Waals surface area contributed by atoms with Crippen LogP contribution in [0.5, 0.6) is 0 Å². The van der Waals surface area contributed by atoms with E-state index in [4.69, 9.17) is 0 Å². The molecule has 1 aromatic heterocycles. The van der Waals surface area contributed by atoms with E-state index in [0.717, 1.165) is 6.42 Å². The van der Waals surface area contributed by atoms with Crippen LogP contribution < -0.4 is 10.6 Å². The van der Waals surface area contributed by atoms with Gasteiger partial charge in [0.1, 0.15) is 5.82 Å². The molecule has 2 N–H and O–H groups in total. The Hall–Kier alpha value is -3.14. The summed E-state index contributed by atoms with van der Waals surface area (Å²) >= 11 is 0. The van der Waals surface area contributed by atoms with Gasteiger partial charge in [0.15, 0.2) is 0 Å². The summed E-state index contributed by atoms with van der Waals surface area (Å²) in [7, 11) is 0. The number of amides is 2. The normalized spacial score (nSPS) is 10.4. The number of pyridine rings is 1. The lowest BCUT2D eigenvalue weighted by molar-refractivity contribution is 0.251. The van der Waals surface area contributed by atoms with Gasteiger partial charge in [0.05, 0.1) is 0 Å². The molecule has 1 heterocycles. The molecular weight excluding hydrogens is 310 g/mol. The van der Waals surface area contributed by atoms with Crippen LogP contribution in [0.25, 0.3) is 0 Å². The molecular formula is C21H21N3O. The van der Waals surface area contributed by atoms with Crippen LogP contribution in [0.2, 0.25) is 0 Å². The Labute approximate surface area is 147 Å². The highest BCUT2D eigenvalue weighted by Gasteiger charge is 2.14. The van der Waals surface area contributed by atoms with Crippen LogP contribution >= 0.6 is 0 Å². The molecule has 0 spiro atoms. The number of carbonyl (C=O) groups is 1. The van der Waals surface area contributed by atoms with Crippen molar-refractivity contribution >= 4 is 11.8 Å². The van der Waals surface area contributed by atoms with Gasteiger partial charge in [-0.1, -0.05) is 66.7 Å². The third-order valence-corrected chi connectivity index (χ3v) is 4.03. The van der Waals surface area contributed by atoms with Crippen molar-refractivity contribution < 1.29 is 4.79 Å². The first kappa shape index (κ1) is 16.7. The molecule has 0 radical (unpaired) electrons. The van der Waals surface area contributed by atoms with Gasteiger partial charge >= 0.3 is 6.03 Å². The Bertz CT molecular complexity index is 737. The largest absolute Gasteiger partial charge is 0.338 e. The van der Waals surface area contributed by atoms with Gasteiger partial charge in [0.2, 0.25) is 0 Å². The fourth-order valence-corrected chi connectivity index (χ4v) is 2.82. The molecule has 4 heteroatoms. The van der Waals surface area contributed by atoms with E-state index < -0.39 is 0 Å². The fraction of sp³-hybridized carbons (Fsp3) is 0.143. The first-order valence-electron chi connectivity index (χ1n) is 8.39. The zero-order valence-corrected chi connectivity index (χ0v) is 13.9. The lowest BCUT2D eigenvalue weighted by Crippen LogP contribution is -2.30. The minimum atomic E-state index is -0.237. The van der Waals surface area contributed by atoms with E-state index in [1.54, 1.807) is 12.3 Å². The number of aromatic nitrogens is 1. The van der Waals surface area contributed by atoms with Crippen LogP contribution in [0.4, 0.5) is 10.6 Å². The van der Waals surface area contributed by atoms with Crippen molar-refractivity contribution in [3.05, 3.63) is 96.2 Å². The molecule has 0 saturated carbocycles. The van der Waals surface area contributed by atoms with E-state index in [0.29, 0.717) is 12.4 Å². The average Bonchev–Trinajstić information content (AvgIpc) is 2.67. The molecule has 25 heavy (non-hydrogen) atoms. The number of hydrogen-bond donors (Lipinski definition) is 2. The highest BCUT2D eigenvalue weighted by atomic mass is 16.2. The molecule has 0 bridgehead atoms. The summed E-state index contributed by atoms with van der Waals surface area (Å²) in [5, 5.41) is 5.65. The summed E-state index contributed by atoms with van der Waals surface area (Å²) in [5.41, 5.74) is 2.50. The van der Waals surface area contributed by atoms with E-state index in [1.807, 2.05) is 48.5 Å². The summed E-state index contributed by atoms with van der Waals surface area (Å²) in [6.07, 6.45) is 2.47. The fourth-order valence-electron chi connectivity index (χ4n) is 2.82. The maximum absolute atomic E-state index is 12.0. The van der Waals surface area contributed by atoms with Crippen LogP contribution in [-0.4, -0.2) is 17.6 Å². The zero-order valence-electron chi connectivity index (χ0n) is 13.9. The van der Waals surface area contributed by atoms with Crippen molar-refractivity contribution in [1.82, 2.24) is 10.3 Å². The van der Waals surface area contributed by atoms with Crippen molar-refractivity contribution in [3.63, 3.8) is 0 Å². The quantitative estimate of drug-likeness (QED) is 0.702. The topological polar surface area (TPSA) is 54.0 Å². The highest BCUT2D eigenvalue weighted by Crippen LogP contribution is 2.27. The lowest BCUT2D eigenvalue weighted by atomic mass is 9.88. The standard InChI is InChI=1S/C21H21N3O/c25-21(24-20-13-7-8-15-22-20)23-16-14-19(17-9-3-1-4-10-17)18-11-5-2-6-12-18/h1-13,15,19H,14,16H2,(H2,22,23,24,25). The first-order chi connectivity index (χ1) is 12.3. The SMILES string of the molecule is O=C(NCCC(c1ccccc1)c1ccccc1)Nc1ccccn1. The molecule has 3 rings (SSSR count). The maximum atomic E-state index is 12.0. The Morgan fingerprint density at radius 2 is 1.44 bits per heavy atom. The van der Waals surface area contributed by atoms with Gasteiger partial charge in [0, 0.05) is 18.7 Å². The minimum absolute atomic E-state index is 0.237. The van der Waals surface area contributed by atoms with E-state index >= 15 is 0 Å². The van der Waals surface area contributed by atoms with E-state index in [-0.39, 0.29) is 11.9 Å². The van der Waals surface area contributed by atoms with Gasteiger partial charge < -0.3 is 5.32 Å². The predicted octanol–water partition coefficient (Wildman–Crippen LogP) is 4.43. The Kier molecular flexibility index (Phi) is 5.77. The van der Waals surface area contributed by atoms with Crippen LogP contribution in [-0.2, 0) is 0 Å². The smallest absolute Gasteiger partial charge is 0.320 e. The Morgan fingerprint density at radius 3 is 2.00 bits per heavy atom. The van der Waals surface area contributed by atoms with Gasteiger partial charge in [0.25, 0.3) is 0 Å². The third kappa shape index (κ3) is 4.91. The van der Waals surface area contributed by atoms with Crippen LogP contribution in [0.15, 0.2) is 85.1 Å². The molecule has 3 aromatic rings. The Balaban J connectivity index is 1.61. The number of nitrogens with zero attached hydrogens (tertiary/aromatic N) is 1. The maximum Gasteiger partial charge on any atom is 0.320 e. The number of carbonyl (C=O) groups excluding carboxylic acids is 1. The van der Waals surface area contributed by atoms with Gasteiger partial charge in [-0.2, -0.15) is 0 Å². The lowest BCUT2D eigenvalue weighted by Gasteiger charge is -2.18. The molecule has 0 aliphatic carbocycles. The Morgan fingerprint density at radius 1 is 0.840 bits per heavy atom. The molecule has 4 nitrogen and oxygen atoms in total. The number of hydrogen-bond acceptors (Lipinski definition) is 2. The second kappa shape index (κ2) is 8.64. The molecule has 0 atom stereocenters. The monoisotopic (exact) mass is 331 g/mol. The summed E-state index contributed by atoms with van der Waals surface area (Å²) in [4.78, 5) is 16.1. The van der Waals surface area contributed by atoms with Crippen molar-refractivity contribution in [1.29, 1.82) is 0 Å². The second-order valence-corrected chi connectivity index (χ2v) is 5.76. The van der Waals surface area contributed by atoms with E-state index in [9.17, 15) is 4.79 Å². The molecule has 0 aliphatic heterocycles. The predicted molar refractivity (Wildman–Crippen MR) is 101 cm³/mol. The van der Waals surface area contributed by atoms with Gasteiger partial charge in [-0.05, 0) is 29.7 Å². The number of benzene rings is 2. The third-order valence-electron chi connectivity index (χ3n) is 4.03. The number of anilines is 1. The van der Waals surface area contributed by atoms with Crippen LogP contribution in [0, 0.1) is 0 Å². The van der Waals surface area contributed by atoms with Crippen molar-refractivity contribution in [3.8, 4) is 0 Å². The zero-order chi connectivity index (χ0) is 17.3. The molecule has 0 unspecified atom stereocenters. The summed E-state index contributed by atoms with van der Waals surface area (Å²) in [6.45, 7) is 0.577. The number of rotatable bonds is 6. The summed E-state index contributed by atoms with van der Waals surface area (Å²) in [5.74, 6) is 0.792. The van der Waals surface area contributed by atoms with Crippen molar-refractivity contribution in [2.24, 2.45) is 0 Å². The minimum Gasteiger partial charge on any atom is -0.338 e. The highest BCUT2D eigenvalue weighted by molar-refractivity contribution is 5.88. The van der Waals surface area contributed by atoms with Crippen molar-refractivity contribution in [2.45, 2.75) is 12.3 Å². The van der Waals surface area contributed by atoms with Gasteiger partial charge in [-0.15, -0.1) is 0 Å². The number of nitrogens with one attached hydrogen (secondary N) is 2. The van der Waals surface area contributed by atoms with Crippen LogP contribution in [0.3, 0.4) is 0 Å². The second-order valence-electron chi connectivity index (χ2n) is 5.76.